The van der Waals surface area contributed by atoms with Gasteiger partial charge in [-0.1, -0.05) is 60.7 Å². The summed E-state index contributed by atoms with van der Waals surface area (Å²) < 4.78 is 18.9. The molecule has 0 spiro atoms. The monoisotopic (exact) mass is 431 g/mol. The van der Waals surface area contributed by atoms with E-state index < -0.39 is 12.1 Å². The Hall–Kier alpha value is -4.13. The Labute approximate surface area is 184 Å². The van der Waals surface area contributed by atoms with E-state index in [9.17, 15) is 14.0 Å². The molecule has 3 N–H and O–H groups in total. The van der Waals surface area contributed by atoms with E-state index in [2.05, 4.69) is 16.0 Å². The van der Waals surface area contributed by atoms with E-state index in [4.69, 9.17) is 4.42 Å². The van der Waals surface area contributed by atoms with E-state index in [1.54, 1.807) is 12.1 Å². The predicted molar refractivity (Wildman–Crippen MR) is 119 cm³/mol. The predicted octanol–water partition coefficient (Wildman–Crippen LogP) is 4.28. The maximum absolute atomic E-state index is 13.0. The molecule has 3 amide bonds. The van der Waals surface area contributed by atoms with Gasteiger partial charge >= 0.3 is 6.03 Å². The zero-order valence-corrected chi connectivity index (χ0v) is 17.2. The van der Waals surface area contributed by atoms with Gasteiger partial charge in [0.1, 0.15) is 23.2 Å². The maximum atomic E-state index is 13.0. The molecular formula is C25H22FN3O3. The highest BCUT2D eigenvalue weighted by molar-refractivity contribution is 5.84. The Morgan fingerprint density at radius 3 is 2.34 bits per heavy atom. The third-order valence-corrected chi connectivity index (χ3v) is 4.94. The molecule has 6 nitrogen and oxygen atoms in total. The van der Waals surface area contributed by atoms with Crippen LogP contribution in [0.25, 0.3) is 11.0 Å². The van der Waals surface area contributed by atoms with Crippen molar-refractivity contribution in [1.29, 1.82) is 0 Å². The number of hydrogen-bond acceptors (Lipinski definition) is 3. The van der Waals surface area contributed by atoms with Crippen molar-refractivity contribution in [3.05, 3.63) is 108 Å². The molecule has 7 heteroatoms. The largest absolute Gasteiger partial charge is 0.459 e. The van der Waals surface area contributed by atoms with Crippen LogP contribution in [0.5, 0.6) is 0 Å². The van der Waals surface area contributed by atoms with Crippen LogP contribution in [0.2, 0.25) is 0 Å². The van der Waals surface area contributed by atoms with Crippen molar-refractivity contribution in [1.82, 2.24) is 16.0 Å². The van der Waals surface area contributed by atoms with Crippen molar-refractivity contribution < 1.29 is 18.4 Å². The molecule has 0 aliphatic carbocycles. The lowest BCUT2D eigenvalue weighted by molar-refractivity contribution is -0.120. The summed E-state index contributed by atoms with van der Waals surface area (Å²) in [5.41, 5.74) is 2.34. The molecule has 0 saturated carbocycles. The molecule has 32 heavy (non-hydrogen) atoms. The fourth-order valence-corrected chi connectivity index (χ4v) is 3.33. The second kappa shape index (κ2) is 9.78. The number of nitrogens with one attached hydrogen (secondary N) is 3. The Balaban J connectivity index is 1.38. The average molecular weight is 431 g/mol. The molecule has 1 aromatic heterocycles. The average Bonchev–Trinajstić information content (AvgIpc) is 3.25. The molecule has 0 bridgehead atoms. The second-order valence-electron chi connectivity index (χ2n) is 7.26. The second-order valence-corrected chi connectivity index (χ2v) is 7.26. The Kier molecular flexibility index (Phi) is 6.46. The van der Waals surface area contributed by atoms with Gasteiger partial charge in [-0.15, -0.1) is 0 Å². The first-order valence-electron chi connectivity index (χ1n) is 10.2. The molecule has 1 unspecified atom stereocenters. The van der Waals surface area contributed by atoms with Crippen LogP contribution in [-0.4, -0.2) is 18.5 Å². The van der Waals surface area contributed by atoms with Crippen molar-refractivity contribution in [3.63, 3.8) is 0 Å². The van der Waals surface area contributed by atoms with Crippen molar-refractivity contribution in [2.24, 2.45) is 0 Å². The van der Waals surface area contributed by atoms with Gasteiger partial charge in [0.15, 0.2) is 0 Å². The highest BCUT2D eigenvalue weighted by Gasteiger charge is 2.21. The van der Waals surface area contributed by atoms with E-state index >= 15 is 0 Å². The highest BCUT2D eigenvalue weighted by atomic mass is 19.1. The lowest BCUT2D eigenvalue weighted by Crippen LogP contribution is -2.42. The first-order valence-corrected chi connectivity index (χ1v) is 10.2. The van der Waals surface area contributed by atoms with Crippen LogP contribution < -0.4 is 16.0 Å². The first-order chi connectivity index (χ1) is 15.6. The van der Waals surface area contributed by atoms with E-state index in [1.165, 1.54) is 12.1 Å². The molecule has 162 valence electrons. The minimum absolute atomic E-state index is 0.210. The summed E-state index contributed by atoms with van der Waals surface area (Å²) in [4.78, 5) is 24.6. The van der Waals surface area contributed by atoms with E-state index in [0.717, 1.165) is 22.1 Å². The molecule has 0 radical (unpaired) electrons. The van der Waals surface area contributed by atoms with E-state index in [0.29, 0.717) is 5.76 Å². The number of hydrogen-bond donors (Lipinski definition) is 3. The Morgan fingerprint density at radius 2 is 1.59 bits per heavy atom. The van der Waals surface area contributed by atoms with Gasteiger partial charge in [-0.05, 0) is 35.4 Å². The molecule has 3 aromatic carbocycles. The summed E-state index contributed by atoms with van der Waals surface area (Å²) in [6, 6.07) is 23.8. The number of furan rings is 1. The number of amides is 3. The number of benzene rings is 3. The van der Waals surface area contributed by atoms with Crippen molar-refractivity contribution in [2.75, 3.05) is 6.54 Å². The lowest BCUT2D eigenvalue weighted by Gasteiger charge is -2.17. The Bertz CT molecular complexity index is 1170. The number of carbonyl (C=O) groups is 2. The molecule has 1 heterocycles. The fraction of sp³-hybridized carbons (Fsp3) is 0.120. The van der Waals surface area contributed by atoms with Crippen LogP contribution in [0, 0.1) is 5.82 Å². The molecule has 0 saturated heterocycles. The van der Waals surface area contributed by atoms with Crippen LogP contribution in [0.4, 0.5) is 9.18 Å². The van der Waals surface area contributed by atoms with Crippen molar-refractivity contribution in [3.8, 4) is 0 Å². The summed E-state index contributed by atoms with van der Waals surface area (Å²) >= 11 is 0. The third-order valence-electron chi connectivity index (χ3n) is 4.94. The smallest absolute Gasteiger partial charge is 0.315 e. The van der Waals surface area contributed by atoms with Crippen LogP contribution in [0.15, 0.2) is 89.3 Å². The molecule has 0 aliphatic rings. The Morgan fingerprint density at radius 1 is 0.875 bits per heavy atom. The molecule has 4 rings (SSSR count). The molecule has 4 aromatic rings. The van der Waals surface area contributed by atoms with Gasteiger partial charge in [-0.2, -0.15) is 0 Å². The van der Waals surface area contributed by atoms with Crippen molar-refractivity contribution in [2.45, 2.75) is 12.6 Å². The maximum Gasteiger partial charge on any atom is 0.315 e. The van der Waals surface area contributed by atoms with E-state index in [-0.39, 0.29) is 24.8 Å². The van der Waals surface area contributed by atoms with E-state index in [1.807, 2.05) is 60.7 Å². The SMILES string of the molecule is O=C(CNC(=O)NCc1ccc(F)cc1)NC(c1ccccc1)c1cc2ccccc2o1. The number of rotatable bonds is 7. The van der Waals surface area contributed by atoms with Gasteiger partial charge in [0, 0.05) is 11.9 Å². The van der Waals surface area contributed by atoms with Crippen LogP contribution in [-0.2, 0) is 11.3 Å². The van der Waals surface area contributed by atoms with Crippen molar-refractivity contribution >= 4 is 22.9 Å². The minimum Gasteiger partial charge on any atom is -0.459 e. The number of halogens is 1. The highest BCUT2D eigenvalue weighted by Crippen LogP contribution is 2.28. The van der Waals surface area contributed by atoms with Gasteiger partial charge in [0.25, 0.3) is 0 Å². The van der Waals surface area contributed by atoms with Crippen LogP contribution >= 0.6 is 0 Å². The molecule has 0 aliphatic heterocycles. The number of urea groups is 1. The quantitative estimate of drug-likeness (QED) is 0.409. The topological polar surface area (TPSA) is 83.4 Å². The van der Waals surface area contributed by atoms with Gasteiger partial charge in [-0.25, -0.2) is 9.18 Å². The molecular weight excluding hydrogens is 409 g/mol. The number of fused-ring (bicyclic) bond motifs is 1. The third kappa shape index (κ3) is 5.31. The van der Waals surface area contributed by atoms with Gasteiger partial charge in [-0.3, -0.25) is 4.79 Å². The molecule has 1 atom stereocenters. The summed E-state index contributed by atoms with van der Waals surface area (Å²) in [5.74, 6) is -0.102. The number of para-hydroxylation sites is 1. The summed E-state index contributed by atoms with van der Waals surface area (Å²) in [5, 5.41) is 9.04. The lowest BCUT2D eigenvalue weighted by atomic mass is 10.0. The molecule has 0 fully saturated rings. The normalized spacial score (nSPS) is 11.7. The fourth-order valence-electron chi connectivity index (χ4n) is 3.33. The number of carbonyl (C=O) groups excluding carboxylic acids is 2. The van der Waals surface area contributed by atoms with Crippen LogP contribution in [0.3, 0.4) is 0 Å². The summed E-state index contributed by atoms with van der Waals surface area (Å²) in [6.45, 7) is 0.0121. The van der Waals surface area contributed by atoms with Gasteiger partial charge in [0.2, 0.25) is 5.91 Å². The first kappa shape index (κ1) is 21.1. The van der Waals surface area contributed by atoms with Crippen LogP contribution in [0.1, 0.15) is 22.9 Å². The minimum atomic E-state index is -0.500. The zero-order valence-electron chi connectivity index (χ0n) is 17.2. The van der Waals surface area contributed by atoms with Gasteiger partial charge < -0.3 is 20.4 Å². The summed E-state index contributed by atoms with van der Waals surface area (Å²) in [7, 11) is 0. The zero-order chi connectivity index (χ0) is 22.3. The summed E-state index contributed by atoms with van der Waals surface area (Å²) in [6.07, 6.45) is 0. The van der Waals surface area contributed by atoms with Gasteiger partial charge in [0.05, 0.1) is 6.54 Å². The standard InChI is InChI=1S/C25H22FN3O3/c26-20-12-10-17(11-13-20)15-27-25(31)28-16-23(30)29-24(18-6-2-1-3-7-18)22-14-19-8-4-5-9-21(19)32-22/h1-14,24H,15-16H2,(H,29,30)(H2,27,28,31).